The van der Waals surface area contributed by atoms with Gasteiger partial charge in [0.2, 0.25) is 0 Å². The van der Waals surface area contributed by atoms with Gasteiger partial charge in [-0.05, 0) is 50.3 Å². The molecule has 0 unspecified atom stereocenters. The van der Waals surface area contributed by atoms with Gasteiger partial charge in [-0.3, -0.25) is 0 Å². The first-order chi connectivity index (χ1) is 10.3. The minimum absolute atomic E-state index is 0.906. The predicted octanol–water partition coefficient (Wildman–Crippen LogP) is 5.07. The molecule has 4 aromatic rings. The van der Waals surface area contributed by atoms with Crippen molar-refractivity contribution in [3.63, 3.8) is 0 Å². The van der Waals surface area contributed by atoms with Crippen molar-refractivity contribution in [1.29, 1.82) is 0 Å². The molecule has 2 heterocycles. The molecule has 0 fully saturated rings. The number of fused-ring (bicyclic) bond motifs is 2. The smallest absolute Gasteiger partial charge is 0.137 e. The van der Waals surface area contributed by atoms with Gasteiger partial charge >= 0.3 is 0 Å². The molecule has 3 heteroatoms. The summed E-state index contributed by atoms with van der Waals surface area (Å²) in [5, 5.41) is 3.75. The van der Waals surface area contributed by atoms with E-state index in [2.05, 4.69) is 80.6 Å². The highest BCUT2D eigenvalue weighted by atomic mass is 79.9. The zero-order valence-corrected chi connectivity index (χ0v) is 12.9. The van der Waals surface area contributed by atoms with Crippen molar-refractivity contribution < 1.29 is 0 Å². The minimum atomic E-state index is 0.906. The number of nitrogens with one attached hydrogen (secondary N) is 1. The minimum Gasteiger partial charge on any atom is -0.346 e. The molecule has 0 saturated carbocycles. The Bertz CT molecular complexity index is 940. The average molecular weight is 337 g/mol. The molecule has 0 aliphatic rings. The number of halogens is 1. The van der Waals surface area contributed by atoms with Crippen LogP contribution in [0.4, 0.5) is 0 Å². The Hall–Kier alpha value is -2.13. The molecule has 0 saturated heterocycles. The molecular formula is C18H13BrN2. The maximum atomic E-state index is 4.39. The van der Waals surface area contributed by atoms with Gasteiger partial charge in [-0.2, -0.15) is 0 Å². The SMILES string of the molecule is Brc1cnc2[nH]cc(Cc3ccc4ccccc4c3)c2c1. The second-order valence-corrected chi connectivity index (χ2v) is 6.14. The maximum absolute atomic E-state index is 4.39. The Balaban J connectivity index is 1.77. The third-order valence-corrected chi connectivity index (χ3v) is 4.23. The van der Waals surface area contributed by atoms with Crippen LogP contribution in [-0.2, 0) is 6.42 Å². The average Bonchev–Trinajstić information content (AvgIpc) is 2.89. The van der Waals surface area contributed by atoms with E-state index < -0.39 is 0 Å². The van der Waals surface area contributed by atoms with Gasteiger partial charge in [0.25, 0.3) is 0 Å². The van der Waals surface area contributed by atoms with Crippen LogP contribution in [0.3, 0.4) is 0 Å². The highest BCUT2D eigenvalue weighted by molar-refractivity contribution is 9.10. The Morgan fingerprint density at radius 2 is 1.86 bits per heavy atom. The lowest BCUT2D eigenvalue weighted by molar-refractivity contribution is 1.21. The van der Waals surface area contributed by atoms with Gasteiger partial charge in [0.05, 0.1) is 0 Å². The lowest BCUT2D eigenvalue weighted by atomic mass is 10.0. The lowest BCUT2D eigenvalue weighted by Gasteiger charge is -2.03. The molecule has 0 atom stereocenters. The van der Waals surface area contributed by atoms with Gasteiger partial charge in [-0.15, -0.1) is 0 Å². The summed E-state index contributed by atoms with van der Waals surface area (Å²) in [4.78, 5) is 7.63. The second kappa shape index (κ2) is 5.01. The standard InChI is InChI=1S/C18H13BrN2/c19-16-9-17-15(10-20-18(17)21-11-16)8-12-5-6-13-3-1-2-4-14(13)7-12/h1-7,9-11H,8H2,(H,20,21). The number of rotatable bonds is 2. The number of pyridine rings is 1. The van der Waals surface area contributed by atoms with Crippen molar-refractivity contribution in [2.75, 3.05) is 0 Å². The normalized spacial score (nSPS) is 11.3. The van der Waals surface area contributed by atoms with Crippen LogP contribution in [0.1, 0.15) is 11.1 Å². The van der Waals surface area contributed by atoms with Crippen molar-refractivity contribution in [1.82, 2.24) is 9.97 Å². The highest BCUT2D eigenvalue weighted by Gasteiger charge is 2.06. The Labute approximate surface area is 131 Å². The summed E-state index contributed by atoms with van der Waals surface area (Å²) in [5.74, 6) is 0. The highest BCUT2D eigenvalue weighted by Crippen LogP contribution is 2.24. The quantitative estimate of drug-likeness (QED) is 0.544. The van der Waals surface area contributed by atoms with Crippen LogP contribution in [0.5, 0.6) is 0 Å². The molecular weight excluding hydrogens is 324 g/mol. The van der Waals surface area contributed by atoms with Crippen LogP contribution >= 0.6 is 15.9 Å². The number of nitrogens with zero attached hydrogens (tertiary/aromatic N) is 1. The van der Waals surface area contributed by atoms with Gasteiger partial charge in [-0.1, -0.05) is 42.5 Å². The molecule has 2 aromatic carbocycles. The second-order valence-electron chi connectivity index (χ2n) is 5.22. The van der Waals surface area contributed by atoms with Crippen molar-refractivity contribution in [2.45, 2.75) is 6.42 Å². The molecule has 21 heavy (non-hydrogen) atoms. The van der Waals surface area contributed by atoms with Crippen LogP contribution in [-0.4, -0.2) is 9.97 Å². The molecule has 2 nitrogen and oxygen atoms in total. The van der Waals surface area contributed by atoms with Crippen molar-refractivity contribution >= 4 is 37.7 Å². The summed E-state index contributed by atoms with van der Waals surface area (Å²) >= 11 is 3.49. The van der Waals surface area contributed by atoms with Crippen LogP contribution in [0, 0.1) is 0 Å². The molecule has 102 valence electrons. The molecule has 0 aliphatic carbocycles. The molecule has 0 amide bonds. The summed E-state index contributed by atoms with van der Waals surface area (Å²) in [6.07, 6.45) is 4.78. The van der Waals surface area contributed by atoms with E-state index >= 15 is 0 Å². The molecule has 0 aliphatic heterocycles. The zero-order chi connectivity index (χ0) is 14.2. The monoisotopic (exact) mass is 336 g/mol. The first-order valence-corrected chi connectivity index (χ1v) is 7.68. The molecule has 0 radical (unpaired) electrons. The van der Waals surface area contributed by atoms with E-state index in [1.165, 1.54) is 27.3 Å². The first kappa shape index (κ1) is 12.6. The largest absolute Gasteiger partial charge is 0.346 e. The van der Waals surface area contributed by atoms with Gasteiger partial charge in [0, 0.05) is 22.3 Å². The van der Waals surface area contributed by atoms with Crippen LogP contribution < -0.4 is 0 Å². The van der Waals surface area contributed by atoms with Crippen LogP contribution in [0.25, 0.3) is 21.8 Å². The fourth-order valence-corrected chi connectivity index (χ4v) is 3.08. The number of benzene rings is 2. The third kappa shape index (κ3) is 2.34. The molecule has 2 aromatic heterocycles. The Morgan fingerprint density at radius 1 is 1.00 bits per heavy atom. The van der Waals surface area contributed by atoms with Crippen molar-refractivity contribution in [3.05, 3.63) is 76.5 Å². The number of H-pyrrole nitrogens is 1. The third-order valence-electron chi connectivity index (χ3n) is 3.79. The van der Waals surface area contributed by atoms with Crippen LogP contribution in [0.15, 0.2) is 65.4 Å². The molecule has 1 N–H and O–H groups in total. The van der Waals surface area contributed by atoms with Crippen molar-refractivity contribution in [2.24, 2.45) is 0 Å². The maximum Gasteiger partial charge on any atom is 0.137 e. The van der Waals surface area contributed by atoms with Gasteiger partial charge < -0.3 is 4.98 Å². The van der Waals surface area contributed by atoms with Crippen LogP contribution in [0.2, 0.25) is 0 Å². The van der Waals surface area contributed by atoms with E-state index in [1.807, 2.05) is 6.20 Å². The summed E-state index contributed by atoms with van der Waals surface area (Å²) in [5.41, 5.74) is 3.53. The molecule has 4 rings (SSSR count). The van der Waals surface area contributed by atoms with E-state index in [9.17, 15) is 0 Å². The fraction of sp³-hybridized carbons (Fsp3) is 0.0556. The van der Waals surface area contributed by atoms with E-state index in [0.717, 1.165) is 16.5 Å². The number of hydrogen-bond acceptors (Lipinski definition) is 1. The predicted molar refractivity (Wildman–Crippen MR) is 90.5 cm³/mol. The summed E-state index contributed by atoms with van der Waals surface area (Å²) < 4.78 is 1.01. The van der Waals surface area contributed by atoms with E-state index in [1.54, 1.807) is 0 Å². The summed E-state index contributed by atoms with van der Waals surface area (Å²) in [7, 11) is 0. The topological polar surface area (TPSA) is 28.7 Å². The Morgan fingerprint density at radius 3 is 2.76 bits per heavy atom. The van der Waals surface area contributed by atoms with Gasteiger partial charge in [-0.25, -0.2) is 4.98 Å². The lowest BCUT2D eigenvalue weighted by Crippen LogP contribution is -1.87. The number of aromatic nitrogens is 2. The molecule has 0 spiro atoms. The van der Waals surface area contributed by atoms with E-state index in [-0.39, 0.29) is 0 Å². The van der Waals surface area contributed by atoms with Gasteiger partial charge in [0.1, 0.15) is 5.65 Å². The van der Waals surface area contributed by atoms with E-state index in [0.29, 0.717) is 0 Å². The number of aromatic amines is 1. The zero-order valence-electron chi connectivity index (χ0n) is 11.3. The summed E-state index contributed by atoms with van der Waals surface area (Å²) in [6, 6.07) is 17.2. The fourth-order valence-electron chi connectivity index (χ4n) is 2.75. The number of hydrogen-bond donors (Lipinski definition) is 1. The summed E-state index contributed by atoms with van der Waals surface area (Å²) in [6.45, 7) is 0. The Kier molecular flexibility index (Phi) is 3.00. The van der Waals surface area contributed by atoms with E-state index in [4.69, 9.17) is 0 Å². The first-order valence-electron chi connectivity index (χ1n) is 6.89. The van der Waals surface area contributed by atoms with Crippen molar-refractivity contribution in [3.8, 4) is 0 Å². The van der Waals surface area contributed by atoms with Gasteiger partial charge in [0.15, 0.2) is 0 Å². The molecule has 0 bridgehead atoms.